The van der Waals surface area contributed by atoms with Crippen molar-refractivity contribution in [3.63, 3.8) is 0 Å². The summed E-state index contributed by atoms with van der Waals surface area (Å²) in [5.41, 5.74) is -0.349. The molecule has 0 bridgehead atoms. The number of carbonyl (C=O) groups excluding carboxylic acids is 1. The molecule has 0 saturated heterocycles. The minimum Gasteiger partial charge on any atom is -0.481 e. The molecule has 0 aromatic carbocycles. The van der Waals surface area contributed by atoms with E-state index in [0.717, 1.165) is 0 Å². The maximum Gasteiger partial charge on any atom is 0.324 e. The highest BCUT2D eigenvalue weighted by molar-refractivity contribution is 5.73. The topological polar surface area (TPSA) is 78.4 Å². The van der Waals surface area contributed by atoms with Crippen LogP contribution in [0.15, 0.2) is 0 Å². The second-order valence-corrected chi connectivity index (χ2v) is 5.48. The molecule has 5 nitrogen and oxygen atoms in total. The third-order valence-electron chi connectivity index (χ3n) is 2.91. The molecule has 2 amide bonds. The van der Waals surface area contributed by atoms with Crippen LogP contribution in [0.25, 0.3) is 0 Å². The number of carbonyl (C=O) groups is 2. The molecule has 0 aromatic rings. The van der Waals surface area contributed by atoms with Crippen molar-refractivity contribution in [2.75, 3.05) is 13.1 Å². The molecule has 124 valence electrons. The fourth-order valence-corrected chi connectivity index (χ4v) is 1.42. The second kappa shape index (κ2) is 8.04. The lowest BCUT2D eigenvalue weighted by atomic mass is 9.84. The summed E-state index contributed by atoms with van der Waals surface area (Å²) < 4.78 is 48.8. The second-order valence-electron chi connectivity index (χ2n) is 5.48. The third kappa shape index (κ3) is 9.09. The molecule has 0 aromatic heterocycles. The molecule has 0 saturated carbocycles. The maximum atomic E-state index is 12.5. The Morgan fingerprint density at radius 3 is 2.19 bits per heavy atom. The van der Waals surface area contributed by atoms with E-state index in [1.807, 2.05) is 0 Å². The summed E-state index contributed by atoms with van der Waals surface area (Å²) in [6.07, 6.45) is -3.03. The number of nitrogens with one attached hydrogen (secondary N) is 2. The normalized spacial score (nSPS) is 12.3. The van der Waals surface area contributed by atoms with Gasteiger partial charge in [0.05, 0.1) is 6.54 Å². The van der Waals surface area contributed by atoms with E-state index < -0.39 is 30.9 Å². The number of alkyl halides is 4. The molecule has 0 fully saturated rings. The summed E-state index contributed by atoms with van der Waals surface area (Å²) in [6, 6.07) is -0.968. The zero-order valence-corrected chi connectivity index (χ0v) is 11.9. The average molecular weight is 316 g/mol. The molecule has 9 heteroatoms. The highest BCUT2D eigenvalue weighted by Crippen LogP contribution is 2.26. The van der Waals surface area contributed by atoms with E-state index in [9.17, 15) is 27.2 Å². The highest BCUT2D eigenvalue weighted by Gasteiger charge is 2.40. The summed E-state index contributed by atoms with van der Waals surface area (Å²) in [5, 5.41) is 12.5. The largest absolute Gasteiger partial charge is 0.481 e. The Kier molecular flexibility index (Phi) is 7.45. The number of aliphatic carboxylic acids is 1. The predicted molar refractivity (Wildman–Crippen MR) is 67.6 cm³/mol. The van der Waals surface area contributed by atoms with Crippen molar-refractivity contribution in [2.24, 2.45) is 5.41 Å². The molecule has 0 aliphatic rings. The first-order valence-electron chi connectivity index (χ1n) is 6.36. The zero-order chi connectivity index (χ0) is 16.7. The van der Waals surface area contributed by atoms with Gasteiger partial charge in [-0.25, -0.2) is 13.6 Å². The maximum absolute atomic E-state index is 12.5. The fraction of sp³-hybridized carbons (Fsp3) is 0.833. The van der Waals surface area contributed by atoms with Crippen molar-refractivity contribution in [3.05, 3.63) is 0 Å². The summed E-state index contributed by atoms with van der Waals surface area (Å²) in [6.45, 7) is 2.29. The first-order valence-corrected chi connectivity index (χ1v) is 6.36. The van der Waals surface area contributed by atoms with Gasteiger partial charge in [0.15, 0.2) is 0 Å². The Morgan fingerprint density at radius 2 is 1.71 bits per heavy atom. The number of hydrogen-bond donors (Lipinski definition) is 3. The number of hydrogen-bond acceptors (Lipinski definition) is 2. The lowest BCUT2D eigenvalue weighted by Crippen LogP contribution is -2.45. The van der Waals surface area contributed by atoms with E-state index in [2.05, 4.69) is 5.32 Å². The fourth-order valence-electron chi connectivity index (χ4n) is 1.42. The molecule has 0 aliphatic carbocycles. The molecule has 0 radical (unpaired) electrons. The number of carboxylic acid groups (broad SMARTS) is 1. The molecule has 0 aliphatic heterocycles. The number of halogens is 4. The lowest BCUT2D eigenvalue weighted by Gasteiger charge is -2.24. The van der Waals surface area contributed by atoms with Crippen molar-refractivity contribution in [1.29, 1.82) is 0 Å². The smallest absolute Gasteiger partial charge is 0.324 e. The number of rotatable bonds is 9. The van der Waals surface area contributed by atoms with Crippen LogP contribution in [-0.4, -0.2) is 42.5 Å². The Hall–Kier alpha value is -1.54. The van der Waals surface area contributed by atoms with Crippen molar-refractivity contribution in [1.82, 2.24) is 10.6 Å². The molecule has 0 atom stereocenters. The average Bonchev–Trinajstić information content (AvgIpc) is 2.34. The van der Waals surface area contributed by atoms with Crippen LogP contribution in [-0.2, 0) is 4.79 Å². The van der Waals surface area contributed by atoms with Crippen LogP contribution in [0.3, 0.4) is 0 Å². The predicted octanol–water partition coefficient (Wildman–Crippen LogP) is 2.47. The van der Waals surface area contributed by atoms with Gasteiger partial charge in [0.2, 0.25) is 0 Å². The molecule has 0 spiro atoms. The third-order valence-corrected chi connectivity index (χ3v) is 2.91. The van der Waals surface area contributed by atoms with Crippen LogP contribution in [0.1, 0.15) is 33.1 Å². The summed E-state index contributed by atoms with van der Waals surface area (Å²) >= 11 is 0. The van der Waals surface area contributed by atoms with Crippen LogP contribution < -0.4 is 10.6 Å². The van der Waals surface area contributed by atoms with E-state index in [4.69, 9.17) is 5.11 Å². The SMILES string of the molecule is CC(C)(CCNC(=O)NCC(F)(F)C(F)F)CCC(=O)O. The first kappa shape index (κ1) is 19.5. The van der Waals surface area contributed by atoms with Crippen molar-refractivity contribution >= 4 is 12.0 Å². The van der Waals surface area contributed by atoms with Gasteiger partial charge in [0, 0.05) is 13.0 Å². The minimum absolute atomic E-state index is 0.0141. The van der Waals surface area contributed by atoms with Crippen molar-refractivity contribution in [2.45, 2.75) is 45.5 Å². The molecule has 0 heterocycles. The van der Waals surface area contributed by atoms with Gasteiger partial charge >= 0.3 is 24.3 Å². The quantitative estimate of drug-likeness (QED) is 0.572. The van der Waals surface area contributed by atoms with E-state index in [0.29, 0.717) is 12.8 Å². The van der Waals surface area contributed by atoms with Crippen molar-refractivity contribution in [3.8, 4) is 0 Å². The van der Waals surface area contributed by atoms with Crippen LogP contribution in [0.2, 0.25) is 0 Å². The Bertz CT molecular complexity index is 362. The monoisotopic (exact) mass is 316 g/mol. The van der Waals surface area contributed by atoms with Gasteiger partial charge < -0.3 is 15.7 Å². The standard InChI is InChI=1S/C12H20F4N2O3/c1-11(2,4-3-8(19)20)5-6-17-10(21)18-7-12(15,16)9(13)14/h9H,3-7H2,1-2H3,(H,19,20)(H2,17,18,21). The zero-order valence-electron chi connectivity index (χ0n) is 11.9. The van der Waals surface area contributed by atoms with Gasteiger partial charge in [-0.3, -0.25) is 4.79 Å². The van der Waals surface area contributed by atoms with E-state index in [1.54, 1.807) is 19.2 Å². The Labute approximate surface area is 120 Å². The number of urea groups is 1. The number of amides is 2. The van der Waals surface area contributed by atoms with Crippen LogP contribution >= 0.6 is 0 Å². The van der Waals surface area contributed by atoms with Gasteiger partial charge in [-0.15, -0.1) is 0 Å². The van der Waals surface area contributed by atoms with Gasteiger partial charge in [0.1, 0.15) is 0 Å². The summed E-state index contributed by atoms with van der Waals surface area (Å²) in [7, 11) is 0. The van der Waals surface area contributed by atoms with E-state index in [-0.39, 0.29) is 18.4 Å². The van der Waals surface area contributed by atoms with E-state index >= 15 is 0 Å². The lowest BCUT2D eigenvalue weighted by molar-refractivity contribution is -0.137. The summed E-state index contributed by atoms with van der Waals surface area (Å²) in [5.74, 6) is -5.19. The Morgan fingerprint density at radius 1 is 1.14 bits per heavy atom. The van der Waals surface area contributed by atoms with Gasteiger partial charge in [0.25, 0.3) is 0 Å². The number of carboxylic acids is 1. The molecule has 0 unspecified atom stereocenters. The van der Waals surface area contributed by atoms with Gasteiger partial charge in [-0.2, -0.15) is 8.78 Å². The van der Waals surface area contributed by atoms with Crippen LogP contribution in [0.4, 0.5) is 22.4 Å². The van der Waals surface area contributed by atoms with Gasteiger partial charge in [-0.05, 0) is 18.3 Å². The first-order chi connectivity index (χ1) is 9.46. The minimum atomic E-state index is -4.27. The highest BCUT2D eigenvalue weighted by atomic mass is 19.3. The van der Waals surface area contributed by atoms with Crippen LogP contribution in [0, 0.1) is 5.41 Å². The molecule has 3 N–H and O–H groups in total. The van der Waals surface area contributed by atoms with E-state index in [1.165, 1.54) is 0 Å². The molecular weight excluding hydrogens is 296 g/mol. The van der Waals surface area contributed by atoms with Gasteiger partial charge in [-0.1, -0.05) is 13.8 Å². The van der Waals surface area contributed by atoms with Crippen LogP contribution in [0.5, 0.6) is 0 Å². The molecular formula is C12H20F4N2O3. The molecule has 21 heavy (non-hydrogen) atoms. The summed E-state index contributed by atoms with van der Waals surface area (Å²) in [4.78, 5) is 21.6. The molecule has 0 rings (SSSR count). The van der Waals surface area contributed by atoms with Crippen molar-refractivity contribution < 1.29 is 32.3 Å². The Balaban J connectivity index is 3.96.